The number of ether oxygens (including phenoxy) is 14. The van der Waals surface area contributed by atoms with Crippen LogP contribution in [0.25, 0.3) is 0 Å². The number of nitrogens with one attached hydrogen (secondary N) is 4. The Labute approximate surface area is 550 Å². The molecular formula is C66H122N4O22. The molecule has 92 heavy (non-hydrogen) atoms. The van der Waals surface area contributed by atoms with Crippen molar-refractivity contribution in [3.63, 3.8) is 0 Å². The molecule has 0 heterocycles. The van der Waals surface area contributed by atoms with Crippen molar-refractivity contribution in [2.75, 3.05) is 198 Å². The highest BCUT2D eigenvalue weighted by Crippen LogP contribution is 2.11. The van der Waals surface area contributed by atoms with Crippen molar-refractivity contribution < 1.29 is 105 Å². The van der Waals surface area contributed by atoms with Crippen LogP contribution in [0.2, 0.25) is 0 Å². The molecule has 0 saturated heterocycles. The maximum Gasteiger partial charge on any atom is 0.293 e. The Morgan fingerprint density at radius 2 is 0.533 bits per heavy atom. The van der Waals surface area contributed by atoms with E-state index < -0.39 is 0 Å². The zero-order valence-electron chi connectivity index (χ0n) is 56.3. The molecule has 0 radical (unpaired) electrons. The van der Waals surface area contributed by atoms with Crippen LogP contribution in [0.15, 0.2) is 0 Å². The average Bonchev–Trinajstić information content (AvgIpc) is 3.66. The summed E-state index contributed by atoms with van der Waals surface area (Å²) >= 11 is 0. The van der Waals surface area contributed by atoms with E-state index in [1.54, 1.807) is 0 Å². The lowest BCUT2D eigenvalue weighted by Crippen LogP contribution is -2.28. The average molecular weight is 1320 g/mol. The predicted molar refractivity (Wildman–Crippen MR) is 345 cm³/mol. The van der Waals surface area contributed by atoms with Gasteiger partial charge in [0.15, 0.2) is 0 Å². The monoisotopic (exact) mass is 1320 g/mol. The Bertz CT molecular complexity index is 1630. The summed E-state index contributed by atoms with van der Waals surface area (Å²) < 4.78 is 75.5. The van der Waals surface area contributed by atoms with Gasteiger partial charge in [0.25, 0.3) is 12.9 Å². The molecule has 0 aromatic rings. The molecule has 0 bridgehead atoms. The molecule has 0 aliphatic rings. The van der Waals surface area contributed by atoms with Crippen molar-refractivity contribution in [3.8, 4) is 0 Å². The fraction of sp³-hybridized carbons (Fsp3) is 0.879. The largest absolute Gasteiger partial charge is 0.465 e. The Morgan fingerprint density at radius 1 is 0.261 bits per heavy atom. The van der Waals surface area contributed by atoms with Crippen LogP contribution < -0.4 is 21.3 Å². The highest BCUT2D eigenvalue weighted by molar-refractivity contribution is 5.79. The third kappa shape index (κ3) is 71.5. The Hall–Kier alpha value is -4.32. The van der Waals surface area contributed by atoms with E-state index in [-0.39, 0.29) is 113 Å². The van der Waals surface area contributed by atoms with Crippen molar-refractivity contribution in [3.05, 3.63) is 0 Å². The van der Waals surface area contributed by atoms with Crippen LogP contribution in [-0.4, -0.2) is 246 Å². The Morgan fingerprint density at radius 3 is 0.891 bits per heavy atom. The fourth-order valence-corrected chi connectivity index (χ4v) is 8.66. The number of hydrogen-bond acceptors (Lipinski definition) is 22. The van der Waals surface area contributed by atoms with Crippen LogP contribution in [0.1, 0.15) is 174 Å². The van der Waals surface area contributed by atoms with Gasteiger partial charge in [0.05, 0.1) is 139 Å². The molecular weight excluding hydrogens is 1200 g/mol. The zero-order chi connectivity index (χ0) is 66.8. The lowest BCUT2D eigenvalue weighted by molar-refractivity contribution is -0.131. The van der Waals surface area contributed by atoms with E-state index in [4.69, 9.17) is 56.8 Å². The highest BCUT2D eigenvalue weighted by atomic mass is 16.6. The third-order valence-electron chi connectivity index (χ3n) is 13.8. The predicted octanol–water partition coefficient (Wildman–Crippen LogP) is 5.91. The van der Waals surface area contributed by atoms with Gasteiger partial charge in [-0.15, -0.1) is 0 Å². The van der Waals surface area contributed by atoms with Gasteiger partial charge in [-0.3, -0.25) is 38.4 Å². The molecule has 0 spiro atoms. The summed E-state index contributed by atoms with van der Waals surface area (Å²) in [5, 5.41) is 11.8. The van der Waals surface area contributed by atoms with E-state index in [1.807, 2.05) is 0 Å². The van der Waals surface area contributed by atoms with Crippen molar-refractivity contribution in [1.82, 2.24) is 21.3 Å². The number of hydrogen-bond donors (Lipinski definition) is 4. The van der Waals surface area contributed by atoms with Crippen molar-refractivity contribution >= 4 is 48.1 Å². The maximum absolute atomic E-state index is 12.6. The molecule has 0 aromatic carbocycles. The number of rotatable bonds is 78. The maximum atomic E-state index is 12.6. The number of carbonyl (C=O) groups excluding carboxylic acids is 8. The molecule has 0 atom stereocenters. The van der Waals surface area contributed by atoms with E-state index in [9.17, 15) is 38.4 Å². The van der Waals surface area contributed by atoms with Gasteiger partial charge < -0.3 is 87.6 Å². The number of ketones is 2. The van der Waals surface area contributed by atoms with E-state index in [2.05, 4.69) is 37.7 Å². The molecule has 4 N–H and O–H groups in total. The molecule has 26 nitrogen and oxygen atoms in total. The first-order valence-corrected chi connectivity index (χ1v) is 34.3. The zero-order valence-corrected chi connectivity index (χ0v) is 56.3. The minimum absolute atomic E-state index is 0.0170. The molecule has 0 unspecified atom stereocenters. The molecule has 26 heteroatoms. The number of unbranched alkanes of at least 4 members (excludes halogenated alkanes) is 12. The van der Waals surface area contributed by atoms with Crippen LogP contribution >= 0.6 is 0 Å². The number of Topliss-reactive ketones (excluding diaryl/α,β-unsaturated/α-hetero) is 2. The highest BCUT2D eigenvalue weighted by Gasteiger charge is 2.14. The second-order valence-electron chi connectivity index (χ2n) is 22.0. The quantitative estimate of drug-likeness (QED) is 0.0406. The van der Waals surface area contributed by atoms with Gasteiger partial charge in [0.2, 0.25) is 23.6 Å². The summed E-state index contributed by atoms with van der Waals surface area (Å²) in [6.45, 7) is 15.3. The lowest BCUT2D eigenvalue weighted by Gasteiger charge is -2.18. The SMILES string of the molecule is CCCOCCOCCOCCNC(=O)CCCCCCCNC(=O)CCOCC(COCCC(=O)NCCCCCCCC(=O)CCCOCCOCCOCCOC=O)COCCC(=O)NCCCCCCCC(=O)CCCOCCOCCOCCOC=O. The van der Waals surface area contributed by atoms with Gasteiger partial charge >= 0.3 is 0 Å². The van der Waals surface area contributed by atoms with Gasteiger partial charge in [-0.2, -0.15) is 0 Å². The summed E-state index contributed by atoms with van der Waals surface area (Å²) in [5.41, 5.74) is 0. The van der Waals surface area contributed by atoms with Crippen molar-refractivity contribution in [2.45, 2.75) is 174 Å². The molecule has 4 amide bonds. The summed E-state index contributed by atoms with van der Waals surface area (Å²) in [4.78, 5) is 94.6. The molecule has 538 valence electrons. The van der Waals surface area contributed by atoms with E-state index >= 15 is 0 Å². The third-order valence-corrected chi connectivity index (χ3v) is 13.8. The Balaban J connectivity index is 4.37. The van der Waals surface area contributed by atoms with Gasteiger partial charge in [0.1, 0.15) is 24.8 Å². The smallest absolute Gasteiger partial charge is 0.293 e. The topological polar surface area (TPSA) is 314 Å². The Kier molecular flexibility index (Phi) is 70.6. The first kappa shape index (κ1) is 87.7. The van der Waals surface area contributed by atoms with Crippen molar-refractivity contribution in [2.24, 2.45) is 5.92 Å². The van der Waals surface area contributed by atoms with Crippen LogP contribution in [-0.2, 0) is 105 Å². The van der Waals surface area contributed by atoms with Gasteiger partial charge in [-0.05, 0) is 57.8 Å². The number of amides is 4. The minimum Gasteiger partial charge on any atom is -0.465 e. The van der Waals surface area contributed by atoms with Crippen LogP contribution in [0.5, 0.6) is 0 Å². The van der Waals surface area contributed by atoms with Gasteiger partial charge in [-0.25, -0.2) is 0 Å². The molecule has 0 rings (SSSR count). The van der Waals surface area contributed by atoms with Crippen LogP contribution in [0.3, 0.4) is 0 Å². The summed E-state index contributed by atoms with van der Waals surface area (Å²) in [7, 11) is 0. The van der Waals surface area contributed by atoms with Gasteiger partial charge in [0, 0.05) is 103 Å². The first-order valence-electron chi connectivity index (χ1n) is 34.3. The summed E-state index contributed by atoms with van der Waals surface area (Å²) in [6.07, 6.45) is 19.2. The second-order valence-corrected chi connectivity index (χ2v) is 22.0. The fourth-order valence-electron chi connectivity index (χ4n) is 8.66. The lowest BCUT2D eigenvalue weighted by atomic mass is 10.1. The minimum atomic E-state index is -0.191. The van der Waals surface area contributed by atoms with Crippen LogP contribution in [0, 0.1) is 5.92 Å². The van der Waals surface area contributed by atoms with Gasteiger partial charge in [-0.1, -0.05) is 64.7 Å². The first-order chi connectivity index (χ1) is 45.2. The normalized spacial score (nSPS) is 11.2. The van der Waals surface area contributed by atoms with E-state index in [1.165, 1.54) is 0 Å². The van der Waals surface area contributed by atoms with Crippen LogP contribution in [0.4, 0.5) is 0 Å². The molecule has 0 aliphatic carbocycles. The molecule has 0 aromatic heterocycles. The second kappa shape index (κ2) is 74.1. The number of carbonyl (C=O) groups is 8. The summed E-state index contributed by atoms with van der Waals surface area (Å²) in [6, 6.07) is 0. The molecule has 0 aliphatic heterocycles. The molecule has 0 saturated carbocycles. The van der Waals surface area contributed by atoms with E-state index in [0.717, 1.165) is 109 Å². The molecule has 0 fully saturated rings. The van der Waals surface area contributed by atoms with E-state index in [0.29, 0.717) is 196 Å². The standard InChI is InChI=1S/C66H122N4O22/c1-2-32-79-39-43-83-46-42-82-38-31-70-63(75)24-14-8-5-11-17-30-69-66(78)27-37-90-57-60(55-88-35-25-64(76)67-28-15-9-3-6-12-20-61(73)22-18-33-80-40-44-84-47-49-86-51-53-91-58-71)56-89-36-26-65(77)68-29-16-10-4-7-13-21-62(74)23-19-34-81-41-45-85-48-50-87-52-54-92-59-72/h58-60H,2-57H2,1H3,(H,67,76)(H,68,77)(H,69,78)(H,70,75). The van der Waals surface area contributed by atoms with Crippen molar-refractivity contribution in [1.29, 1.82) is 0 Å². The summed E-state index contributed by atoms with van der Waals surface area (Å²) in [5.74, 6) is 0.00932.